The van der Waals surface area contributed by atoms with Gasteiger partial charge in [0.1, 0.15) is 0 Å². The van der Waals surface area contributed by atoms with Gasteiger partial charge < -0.3 is 14.5 Å². The second kappa shape index (κ2) is 5.40. The average molecular weight is 286 g/mol. The van der Waals surface area contributed by atoms with Crippen LogP contribution in [0.5, 0.6) is 0 Å². The second-order valence-corrected chi connectivity index (χ2v) is 5.02. The van der Waals surface area contributed by atoms with Gasteiger partial charge in [-0.15, -0.1) is 0 Å². The third-order valence-electron chi connectivity index (χ3n) is 3.61. The molecule has 1 N–H and O–H groups in total. The number of hydrogen-bond acceptors (Lipinski definition) is 4. The Morgan fingerprint density at radius 3 is 2.71 bits per heavy atom. The van der Waals surface area contributed by atoms with Crippen molar-refractivity contribution in [1.82, 2.24) is 10.1 Å². The summed E-state index contributed by atoms with van der Waals surface area (Å²) < 4.78 is 5.19. The molecule has 1 fully saturated rings. The van der Waals surface area contributed by atoms with Crippen molar-refractivity contribution in [1.29, 1.82) is 0 Å². The molecule has 2 aromatic rings. The molecule has 1 unspecified atom stereocenters. The largest absolute Gasteiger partial charge is 0.481 e. The molecule has 108 valence electrons. The minimum atomic E-state index is -0.865. The van der Waals surface area contributed by atoms with E-state index in [1.807, 2.05) is 30.3 Å². The number of hydrogen-bond donors (Lipinski definition) is 1. The van der Waals surface area contributed by atoms with E-state index >= 15 is 0 Å². The van der Waals surface area contributed by atoms with Crippen molar-refractivity contribution in [2.75, 3.05) is 13.1 Å². The number of likely N-dealkylation sites (tertiary alicyclic amines) is 1. The molecular weight excluding hydrogens is 272 g/mol. The molecule has 1 aliphatic rings. The van der Waals surface area contributed by atoms with Gasteiger partial charge in [-0.1, -0.05) is 35.5 Å². The van der Waals surface area contributed by atoms with Gasteiger partial charge in [0, 0.05) is 24.7 Å². The molecule has 6 heteroatoms. The lowest BCUT2D eigenvalue weighted by Crippen LogP contribution is -2.30. The Bertz CT molecular complexity index is 665. The molecule has 2 heterocycles. The molecule has 0 spiro atoms. The Morgan fingerprint density at radius 2 is 2.05 bits per heavy atom. The molecule has 6 nitrogen and oxygen atoms in total. The third kappa shape index (κ3) is 2.65. The van der Waals surface area contributed by atoms with Crippen molar-refractivity contribution in [2.45, 2.75) is 6.42 Å². The van der Waals surface area contributed by atoms with E-state index < -0.39 is 11.9 Å². The first-order valence-corrected chi connectivity index (χ1v) is 6.69. The number of carbonyl (C=O) groups excluding carboxylic acids is 1. The van der Waals surface area contributed by atoms with Crippen LogP contribution in [0.4, 0.5) is 0 Å². The van der Waals surface area contributed by atoms with Crippen LogP contribution in [0.15, 0.2) is 40.9 Å². The topological polar surface area (TPSA) is 83.6 Å². The molecule has 0 radical (unpaired) electrons. The van der Waals surface area contributed by atoms with Crippen LogP contribution < -0.4 is 0 Å². The first-order chi connectivity index (χ1) is 10.1. The number of carboxylic acid groups (broad SMARTS) is 1. The van der Waals surface area contributed by atoms with Gasteiger partial charge in [-0.25, -0.2) is 0 Å². The number of amides is 1. The van der Waals surface area contributed by atoms with Crippen LogP contribution in [0.25, 0.3) is 11.3 Å². The van der Waals surface area contributed by atoms with Crippen LogP contribution in [0.3, 0.4) is 0 Å². The van der Waals surface area contributed by atoms with Crippen LogP contribution >= 0.6 is 0 Å². The zero-order valence-electron chi connectivity index (χ0n) is 11.2. The van der Waals surface area contributed by atoms with Gasteiger partial charge in [0.05, 0.1) is 5.92 Å². The molecule has 1 atom stereocenters. The van der Waals surface area contributed by atoms with Gasteiger partial charge in [0.25, 0.3) is 5.91 Å². The van der Waals surface area contributed by atoms with E-state index in [0.717, 1.165) is 5.56 Å². The SMILES string of the molecule is O=C(O)C1CCN(C(=O)c2cc(-c3ccccc3)on2)C1. The highest BCUT2D eigenvalue weighted by molar-refractivity contribution is 5.93. The van der Waals surface area contributed by atoms with Gasteiger partial charge >= 0.3 is 5.97 Å². The molecular formula is C15H14N2O4. The molecule has 3 rings (SSSR count). The summed E-state index contributed by atoms with van der Waals surface area (Å²) >= 11 is 0. The quantitative estimate of drug-likeness (QED) is 0.931. The minimum Gasteiger partial charge on any atom is -0.481 e. The maximum absolute atomic E-state index is 12.3. The molecule has 0 bridgehead atoms. The lowest BCUT2D eigenvalue weighted by molar-refractivity contribution is -0.141. The second-order valence-electron chi connectivity index (χ2n) is 5.02. The van der Waals surface area contributed by atoms with E-state index in [-0.39, 0.29) is 18.1 Å². The highest BCUT2D eigenvalue weighted by Gasteiger charge is 2.32. The Labute approximate surface area is 121 Å². The number of aromatic nitrogens is 1. The molecule has 21 heavy (non-hydrogen) atoms. The third-order valence-corrected chi connectivity index (χ3v) is 3.61. The zero-order valence-corrected chi connectivity index (χ0v) is 11.2. The number of benzene rings is 1. The van der Waals surface area contributed by atoms with Crippen molar-refractivity contribution < 1.29 is 19.2 Å². The van der Waals surface area contributed by atoms with Gasteiger partial charge in [-0.3, -0.25) is 9.59 Å². The first kappa shape index (κ1) is 13.4. The zero-order chi connectivity index (χ0) is 14.8. The van der Waals surface area contributed by atoms with Crippen LogP contribution in [-0.4, -0.2) is 40.1 Å². The standard InChI is InChI=1S/C15H14N2O4/c18-14(17-7-6-11(9-17)15(19)20)12-8-13(21-16-12)10-4-2-1-3-5-10/h1-5,8,11H,6-7,9H2,(H,19,20). The summed E-state index contributed by atoms with van der Waals surface area (Å²) in [6, 6.07) is 11.0. The van der Waals surface area contributed by atoms with Gasteiger partial charge in [-0.05, 0) is 6.42 Å². The van der Waals surface area contributed by atoms with Gasteiger partial charge in [0.2, 0.25) is 0 Å². The summed E-state index contributed by atoms with van der Waals surface area (Å²) in [5, 5.41) is 12.8. The van der Waals surface area contributed by atoms with Crippen LogP contribution in [-0.2, 0) is 4.79 Å². The number of nitrogens with zero attached hydrogens (tertiary/aromatic N) is 2. The Kier molecular flexibility index (Phi) is 3.43. The first-order valence-electron chi connectivity index (χ1n) is 6.69. The summed E-state index contributed by atoms with van der Waals surface area (Å²) in [6.45, 7) is 0.658. The van der Waals surface area contributed by atoms with Crippen molar-refractivity contribution >= 4 is 11.9 Å². The summed E-state index contributed by atoms with van der Waals surface area (Å²) in [5.41, 5.74) is 1.05. The number of aliphatic carboxylic acids is 1. The Morgan fingerprint density at radius 1 is 1.29 bits per heavy atom. The summed E-state index contributed by atoms with van der Waals surface area (Å²) in [7, 11) is 0. The summed E-state index contributed by atoms with van der Waals surface area (Å²) in [5.74, 6) is -1.12. The predicted molar refractivity (Wildman–Crippen MR) is 73.6 cm³/mol. The molecule has 0 aliphatic carbocycles. The maximum atomic E-state index is 12.3. The fourth-order valence-electron chi connectivity index (χ4n) is 2.42. The molecule has 1 saturated heterocycles. The highest BCUT2D eigenvalue weighted by Crippen LogP contribution is 2.23. The van der Waals surface area contributed by atoms with Gasteiger partial charge in [0.15, 0.2) is 11.5 Å². The fourth-order valence-corrected chi connectivity index (χ4v) is 2.42. The normalized spacial score (nSPS) is 17.9. The van der Waals surface area contributed by atoms with Crippen LogP contribution in [0.1, 0.15) is 16.9 Å². The molecule has 1 aromatic carbocycles. The van der Waals surface area contributed by atoms with Crippen LogP contribution in [0.2, 0.25) is 0 Å². The van der Waals surface area contributed by atoms with E-state index in [2.05, 4.69) is 5.16 Å². The highest BCUT2D eigenvalue weighted by atomic mass is 16.5. The van der Waals surface area contributed by atoms with E-state index in [9.17, 15) is 9.59 Å². The lowest BCUT2D eigenvalue weighted by Gasteiger charge is -2.13. The van der Waals surface area contributed by atoms with Gasteiger partial charge in [-0.2, -0.15) is 0 Å². The van der Waals surface area contributed by atoms with Crippen molar-refractivity contribution in [3.63, 3.8) is 0 Å². The molecule has 0 saturated carbocycles. The van der Waals surface area contributed by atoms with Crippen molar-refractivity contribution in [3.05, 3.63) is 42.1 Å². The molecule has 1 aliphatic heterocycles. The molecule has 1 amide bonds. The van der Waals surface area contributed by atoms with Crippen molar-refractivity contribution in [3.8, 4) is 11.3 Å². The van der Waals surface area contributed by atoms with E-state index in [0.29, 0.717) is 18.7 Å². The predicted octanol–water partition coefficient (Wildman–Crippen LogP) is 1.89. The Hall–Kier alpha value is -2.63. The van der Waals surface area contributed by atoms with E-state index in [1.165, 1.54) is 4.90 Å². The minimum absolute atomic E-state index is 0.208. The number of carboxylic acids is 1. The van der Waals surface area contributed by atoms with E-state index in [1.54, 1.807) is 6.07 Å². The molecule has 1 aromatic heterocycles. The summed E-state index contributed by atoms with van der Waals surface area (Å²) in [4.78, 5) is 24.7. The van der Waals surface area contributed by atoms with Crippen molar-refractivity contribution in [2.24, 2.45) is 5.92 Å². The smallest absolute Gasteiger partial charge is 0.308 e. The average Bonchev–Trinajstić information content (AvgIpc) is 3.17. The number of rotatable bonds is 3. The fraction of sp³-hybridized carbons (Fsp3) is 0.267. The maximum Gasteiger partial charge on any atom is 0.308 e. The Balaban J connectivity index is 1.75. The van der Waals surface area contributed by atoms with Crippen LogP contribution in [0, 0.1) is 5.92 Å². The lowest BCUT2D eigenvalue weighted by atomic mass is 10.1. The summed E-state index contributed by atoms with van der Waals surface area (Å²) in [6.07, 6.45) is 0.477. The number of carbonyl (C=O) groups is 2. The monoisotopic (exact) mass is 286 g/mol. The van der Waals surface area contributed by atoms with E-state index in [4.69, 9.17) is 9.63 Å².